The highest BCUT2D eigenvalue weighted by Crippen LogP contribution is 2.31. The van der Waals surface area contributed by atoms with Gasteiger partial charge in [-0.05, 0) is 38.1 Å². The van der Waals surface area contributed by atoms with Crippen molar-refractivity contribution in [2.24, 2.45) is 14.1 Å². The first kappa shape index (κ1) is 23.6. The Bertz CT molecular complexity index is 1320. The van der Waals surface area contributed by atoms with Crippen LogP contribution in [0.1, 0.15) is 36.1 Å². The van der Waals surface area contributed by atoms with Crippen molar-refractivity contribution in [3.05, 3.63) is 56.5 Å². The van der Waals surface area contributed by atoms with E-state index in [0.29, 0.717) is 4.57 Å². The van der Waals surface area contributed by atoms with Gasteiger partial charge in [0.15, 0.2) is 5.56 Å². The fraction of sp³-hybridized carbons (Fsp3) is 0.316. The van der Waals surface area contributed by atoms with E-state index in [9.17, 15) is 32.7 Å². The Morgan fingerprint density at radius 2 is 1.73 bits per heavy atom. The second-order valence-corrected chi connectivity index (χ2v) is 7.24. The zero-order valence-electron chi connectivity index (χ0n) is 17.8. The van der Waals surface area contributed by atoms with Crippen LogP contribution < -0.4 is 21.3 Å². The topological polar surface area (TPSA) is 133 Å². The van der Waals surface area contributed by atoms with E-state index in [2.05, 4.69) is 15.4 Å². The molecule has 33 heavy (non-hydrogen) atoms. The molecule has 0 radical (unpaired) electrons. The van der Waals surface area contributed by atoms with E-state index in [1.165, 1.54) is 31.3 Å². The molecule has 0 aliphatic rings. The lowest BCUT2D eigenvalue weighted by atomic mass is 10.2. The minimum atomic E-state index is -4.74. The molecule has 0 unspecified atom stereocenters. The molecule has 11 nitrogen and oxygen atoms in total. The van der Waals surface area contributed by atoms with Crippen molar-refractivity contribution in [1.82, 2.24) is 23.9 Å². The third-order valence-corrected chi connectivity index (χ3v) is 4.52. The fourth-order valence-corrected chi connectivity index (χ4v) is 2.77. The van der Waals surface area contributed by atoms with Crippen LogP contribution in [0.25, 0.3) is 0 Å². The van der Waals surface area contributed by atoms with E-state index < -0.39 is 46.6 Å². The zero-order chi connectivity index (χ0) is 24.7. The maximum absolute atomic E-state index is 12.9. The number of ether oxygens (including phenoxy) is 1. The first-order valence-electron chi connectivity index (χ1n) is 9.43. The number of benzene rings is 1. The fourth-order valence-electron chi connectivity index (χ4n) is 2.77. The molecule has 0 saturated heterocycles. The average molecular weight is 468 g/mol. The molecular formula is C19H19F3N6O5. The smallest absolute Gasteiger partial charge is 0.453 e. The van der Waals surface area contributed by atoms with Crippen LogP contribution in [0.4, 0.5) is 18.9 Å². The van der Waals surface area contributed by atoms with E-state index in [4.69, 9.17) is 4.74 Å². The molecule has 0 aliphatic heterocycles. The number of carbonyl (C=O) groups is 1. The van der Waals surface area contributed by atoms with Gasteiger partial charge in [-0.3, -0.25) is 18.7 Å². The van der Waals surface area contributed by atoms with Gasteiger partial charge in [0, 0.05) is 19.8 Å². The number of alkyl halides is 3. The van der Waals surface area contributed by atoms with Crippen molar-refractivity contribution >= 4 is 11.6 Å². The lowest BCUT2D eigenvalue weighted by molar-refractivity contribution is -0.145. The number of rotatable bonds is 5. The average Bonchev–Trinajstić information content (AvgIpc) is 3.17. The Morgan fingerprint density at radius 1 is 1.12 bits per heavy atom. The van der Waals surface area contributed by atoms with Gasteiger partial charge in [0.2, 0.25) is 5.88 Å². The van der Waals surface area contributed by atoms with Gasteiger partial charge < -0.3 is 15.2 Å². The van der Waals surface area contributed by atoms with Crippen LogP contribution in [0.15, 0.2) is 33.9 Å². The van der Waals surface area contributed by atoms with Crippen molar-refractivity contribution in [2.45, 2.75) is 26.1 Å². The van der Waals surface area contributed by atoms with Crippen molar-refractivity contribution in [3.63, 3.8) is 0 Å². The summed E-state index contributed by atoms with van der Waals surface area (Å²) in [6, 6.07) is 4.59. The highest BCUT2D eigenvalue weighted by molar-refractivity contribution is 6.05. The van der Waals surface area contributed by atoms with E-state index in [-0.39, 0.29) is 17.4 Å². The highest BCUT2D eigenvalue weighted by atomic mass is 19.4. The molecule has 0 aliphatic carbocycles. The normalized spacial score (nSPS) is 11.6. The molecule has 2 aromatic heterocycles. The van der Waals surface area contributed by atoms with Crippen molar-refractivity contribution in [3.8, 4) is 17.6 Å². The molecule has 1 aromatic carbocycles. The lowest BCUT2D eigenvalue weighted by Gasteiger charge is -2.12. The summed E-state index contributed by atoms with van der Waals surface area (Å²) in [4.78, 5) is 39.9. The van der Waals surface area contributed by atoms with Gasteiger partial charge in [-0.2, -0.15) is 18.2 Å². The third kappa shape index (κ3) is 4.58. The van der Waals surface area contributed by atoms with Gasteiger partial charge in [-0.1, -0.05) is 0 Å². The first-order chi connectivity index (χ1) is 15.3. The summed E-state index contributed by atoms with van der Waals surface area (Å²) in [6.45, 7) is 3.22. The second-order valence-electron chi connectivity index (χ2n) is 7.24. The number of anilines is 1. The minimum Gasteiger partial charge on any atom is -0.494 e. The molecule has 2 N–H and O–H groups in total. The molecule has 2 heterocycles. The summed E-state index contributed by atoms with van der Waals surface area (Å²) in [7, 11) is 2.35. The van der Waals surface area contributed by atoms with Crippen LogP contribution >= 0.6 is 0 Å². The van der Waals surface area contributed by atoms with Crippen LogP contribution in [0, 0.1) is 0 Å². The number of hydrogen-bond donors (Lipinski definition) is 2. The molecule has 0 spiro atoms. The van der Waals surface area contributed by atoms with Gasteiger partial charge in [-0.25, -0.2) is 9.48 Å². The van der Waals surface area contributed by atoms with E-state index in [1.54, 1.807) is 13.8 Å². The summed E-state index contributed by atoms with van der Waals surface area (Å²) in [5.41, 5.74) is -2.24. The molecule has 0 fully saturated rings. The van der Waals surface area contributed by atoms with Gasteiger partial charge in [-0.15, -0.1) is 5.10 Å². The van der Waals surface area contributed by atoms with E-state index >= 15 is 0 Å². The number of nitrogens with zero attached hydrogens (tertiary/aromatic N) is 5. The van der Waals surface area contributed by atoms with Gasteiger partial charge in [0.25, 0.3) is 17.3 Å². The zero-order valence-corrected chi connectivity index (χ0v) is 17.8. The number of aromatic hydroxyl groups is 1. The molecule has 0 bridgehead atoms. The maximum Gasteiger partial charge on any atom is 0.453 e. The lowest BCUT2D eigenvalue weighted by Crippen LogP contribution is -2.40. The molecule has 0 atom stereocenters. The Balaban J connectivity index is 1.83. The summed E-state index contributed by atoms with van der Waals surface area (Å²) in [5.74, 6) is -2.99. The number of amides is 1. The molecule has 1 amide bonds. The number of nitrogens with one attached hydrogen (secondary N) is 1. The summed E-state index contributed by atoms with van der Waals surface area (Å²) in [6.07, 6.45) is -4.74. The molecule has 0 saturated carbocycles. The van der Waals surface area contributed by atoms with Crippen LogP contribution in [-0.4, -0.2) is 34.9 Å². The maximum atomic E-state index is 12.9. The predicted molar refractivity (Wildman–Crippen MR) is 108 cm³/mol. The highest BCUT2D eigenvalue weighted by Gasteiger charge is 2.38. The summed E-state index contributed by atoms with van der Waals surface area (Å²) < 4.78 is 46.6. The van der Waals surface area contributed by atoms with Gasteiger partial charge >= 0.3 is 17.9 Å². The van der Waals surface area contributed by atoms with Gasteiger partial charge in [0.05, 0.1) is 6.04 Å². The quantitative estimate of drug-likeness (QED) is 0.585. The van der Waals surface area contributed by atoms with Gasteiger partial charge in [0.1, 0.15) is 5.75 Å². The van der Waals surface area contributed by atoms with Crippen LogP contribution in [0.2, 0.25) is 0 Å². The monoisotopic (exact) mass is 468 g/mol. The molecular weight excluding hydrogens is 449 g/mol. The molecule has 14 heteroatoms. The molecule has 3 rings (SSSR count). The number of aromatic nitrogens is 5. The molecule has 176 valence electrons. The standard InChI is InChI=1S/C19H19F3N6O5/c1-9(2)28-17(24-16(25-28)19(20,21)22)33-11-7-5-10(6-8-11)23-13(29)12-14(30)26(3)18(32)27(4)15(12)31/h5-9,30H,1-4H3,(H,23,29). The van der Waals surface area contributed by atoms with E-state index in [1.807, 2.05) is 0 Å². The first-order valence-corrected chi connectivity index (χ1v) is 9.43. The Hall–Kier alpha value is -4.10. The Labute approximate surface area is 183 Å². The third-order valence-electron chi connectivity index (χ3n) is 4.52. The minimum absolute atomic E-state index is 0.108. The van der Waals surface area contributed by atoms with Crippen LogP contribution in [0.5, 0.6) is 17.6 Å². The number of halogens is 3. The second kappa shape index (κ2) is 8.44. The van der Waals surface area contributed by atoms with Crippen molar-refractivity contribution < 1.29 is 27.8 Å². The predicted octanol–water partition coefficient (Wildman–Crippen LogP) is 2.03. The van der Waals surface area contributed by atoms with Crippen LogP contribution in [-0.2, 0) is 20.3 Å². The SMILES string of the molecule is CC(C)n1nc(C(F)(F)F)nc1Oc1ccc(NC(=O)c2c(O)n(C)c(=O)n(C)c2=O)cc1. The molecule has 3 aromatic rings. The number of hydrogen-bond acceptors (Lipinski definition) is 7. The Kier molecular flexibility index (Phi) is 6.03. The summed E-state index contributed by atoms with van der Waals surface area (Å²) in [5, 5.41) is 15.9. The van der Waals surface area contributed by atoms with Crippen molar-refractivity contribution in [1.29, 1.82) is 0 Å². The van der Waals surface area contributed by atoms with E-state index in [0.717, 1.165) is 16.3 Å². The Morgan fingerprint density at radius 3 is 2.27 bits per heavy atom. The number of carbonyl (C=O) groups excluding carboxylic acids is 1. The van der Waals surface area contributed by atoms with Crippen molar-refractivity contribution in [2.75, 3.05) is 5.32 Å². The summed E-state index contributed by atoms with van der Waals surface area (Å²) >= 11 is 0. The largest absolute Gasteiger partial charge is 0.494 e. The van der Waals surface area contributed by atoms with Crippen LogP contribution in [0.3, 0.4) is 0 Å².